The van der Waals surface area contributed by atoms with Gasteiger partial charge in [-0.05, 0) is 49.9 Å². The number of H-pyrrole nitrogens is 1. The molecule has 5 heteroatoms. The van der Waals surface area contributed by atoms with Crippen LogP contribution in [0, 0.1) is 13.8 Å². The van der Waals surface area contributed by atoms with Crippen molar-refractivity contribution in [2.45, 2.75) is 47.1 Å². The molecule has 0 aliphatic rings. The number of nitrogens with zero attached hydrogens (tertiary/aromatic N) is 1. The van der Waals surface area contributed by atoms with E-state index in [9.17, 15) is 9.59 Å². The summed E-state index contributed by atoms with van der Waals surface area (Å²) in [6.45, 7) is 9.99. The molecule has 24 heavy (non-hydrogen) atoms. The number of rotatable bonds is 5. The van der Waals surface area contributed by atoms with Gasteiger partial charge in [-0.25, -0.2) is 4.79 Å². The van der Waals surface area contributed by atoms with E-state index in [1.807, 2.05) is 65.0 Å². The Morgan fingerprint density at radius 2 is 1.79 bits per heavy atom. The zero-order valence-electron chi connectivity index (χ0n) is 14.8. The van der Waals surface area contributed by atoms with E-state index < -0.39 is 11.2 Å². The van der Waals surface area contributed by atoms with Gasteiger partial charge in [0.1, 0.15) is 5.75 Å². The van der Waals surface area contributed by atoms with Gasteiger partial charge >= 0.3 is 5.69 Å². The number of aromatic nitrogens is 2. The van der Waals surface area contributed by atoms with Gasteiger partial charge in [-0.2, -0.15) is 0 Å². The molecular formula is C19H24N2O3. The van der Waals surface area contributed by atoms with E-state index >= 15 is 0 Å². The molecule has 1 heterocycles. The molecule has 0 spiro atoms. The molecule has 0 aliphatic carbocycles. The molecule has 1 aromatic carbocycles. The first kappa shape index (κ1) is 17.8. The molecule has 1 aromatic heterocycles. The first-order valence-electron chi connectivity index (χ1n) is 8.07. The lowest BCUT2D eigenvalue weighted by molar-refractivity contribution is 0.411. The minimum atomic E-state index is -0.470. The van der Waals surface area contributed by atoms with E-state index in [2.05, 4.69) is 4.98 Å². The third-order valence-corrected chi connectivity index (χ3v) is 3.70. The standard InChI is InChI=1S/C19H24N2O3/c1-6-7-8-21-18(16(12(2)3)17(22)20-19(21)23)24-15-10-13(4)9-14(5)11-15/h6-7,9-12H,8H2,1-5H3,(H,20,22,23)/b7-6+. The van der Waals surface area contributed by atoms with Gasteiger partial charge in [0.25, 0.3) is 5.56 Å². The highest BCUT2D eigenvalue weighted by molar-refractivity contribution is 5.38. The lowest BCUT2D eigenvalue weighted by atomic mass is 10.1. The molecule has 0 bridgehead atoms. The highest BCUT2D eigenvalue weighted by atomic mass is 16.5. The minimum Gasteiger partial charge on any atom is -0.440 e. The quantitative estimate of drug-likeness (QED) is 0.852. The van der Waals surface area contributed by atoms with Crippen molar-refractivity contribution in [1.29, 1.82) is 0 Å². The zero-order chi connectivity index (χ0) is 17.9. The Kier molecular flexibility index (Phi) is 5.44. The second-order valence-corrected chi connectivity index (χ2v) is 6.24. The van der Waals surface area contributed by atoms with Crippen LogP contribution in [0.15, 0.2) is 39.9 Å². The third kappa shape index (κ3) is 3.85. The molecule has 0 fully saturated rings. The fourth-order valence-electron chi connectivity index (χ4n) is 2.67. The Balaban J connectivity index is 2.68. The summed E-state index contributed by atoms with van der Waals surface area (Å²) in [4.78, 5) is 26.9. The van der Waals surface area contributed by atoms with Crippen LogP contribution in [0.25, 0.3) is 0 Å². The van der Waals surface area contributed by atoms with E-state index in [0.717, 1.165) is 11.1 Å². The van der Waals surface area contributed by atoms with Crippen molar-refractivity contribution in [2.24, 2.45) is 0 Å². The molecule has 0 aliphatic heterocycles. The first-order chi connectivity index (χ1) is 11.3. The summed E-state index contributed by atoms with van der Waals surface area (Å²) in [5.41, 5.74) is 1.72. The first-order valence-corrected chi connectivity index (χ1v) is 8.07. The monoisotopic (exact) mass is 328 g/mol. The molecule has 5 nitrogen and oxygen atoms in total. The van der Waals surface area contributed by atoms with Crippen LogP contribution in [0.1, 0.15) is 43.4 Å². The summed E-state index contributed by atoms with van der Waals surface area (Å²) in [6, 6.07) is 5.83. The summed E-state index contributed by atoms with van der Waals surface area (Å²) in [5, 5.41) is 0. The number of aryl methyl sites for hydroxylation is 2. The highest BCUT2D eigenvalue weighted by Crippen LogP contribution is 2.28. The third-order valence-electron chi connectivity index (χ3n) is 3.70. The number of ether oxygens (including phenoxy) is 1. The average Bonchev–Trinajstić information content (AvgIpc) is 2.45. The van der Waals surface area contributed by atoms with Crippen molar-refractivity contribution in [1.82, 2.24) is 9.55 Å². The molecule has 2 aromatic rings. The van der Waals surface area contributed by atoms with Crippen molar-refractivity contribution in [2.75, 3.05) is 0 Å². The Labute approximate surface area is 141 Å². The van der Waals surface area contributed by atoms with Crippen molar-refractivity contribution >= 4 is 0 Å². The smallest absolute Gasteiger partial charge is 0.331 e. The Hall–Kier alpha value is -2.56. The van der Waals surface area contributed by atoms with Crippen LogP contribution >= 0.6 is 0 Å². The van der Waals surface area contributed by atoms with Crippen LogP contribution in [0.3, 0.4) is 0 Å². The normalized spacial score (nSPS) is 11.4. The lowest BCUT2D eigenvalue weighted by Gasteiger charge is -2.18. The van der Waals surface area contributed by atoms with Crippen LogP contribution in [0.2, 0.25) is 0 Å². The molecule has 0 unspecified atom stereocenters. The van der Waals surface area contributed by atoms with Crippen LogP contribution in [0.4, 0.5) is 0 Å². The molecule has 0 radical (unpaired) electrons. The van der Waals surface area contributed by atoms with Gasteiger partial charge in [-0.3, -0.25) is 14.3 Å². The minimum absolute atomic E-state index is 0.0767. The second kappa shape index (κ2) is 7.34. The van der Waals surface area contributed by atoms with Crippen LogP contribution < -0.4 is 16.0 Å². The lowest BCUT2D eigenvalue weighted by Crippen LogP contribution is -2.33. The molecule has 128 valence electrons. The molecule has 1 N–H and O–H groups in total. The van der Waals surface area contributed by atoms with Gasteiger partial charge < -0.3 is 4.74 Å². The molecule has 0 atom stereocenters. The summed E-state index contributed by atoms with van der Waals surface area (Å²) in [5.74, 6) is 0.850. The van der Waals surface area contributed by atoms with Gasteiger partial charge in [0.15, 0.2) is 0 Å². The van der Waals surface area contributed by atoms with E-state index in [1.54, 1.807) is 0 Å². The SMILES string of the molecule is C/C=C/Cn1c(Oc2cc(C)cc(C)c2)c(C(C)C)c(=O)[nH]c1=O. The fourth-order valence-corrected chi connectivity index (χ4v) is 2.67. The second-order valence-electron chi connectivity index (χ2n) is 6.24. The van der Waals surface area contributed by atoms with Crippen molar-refractivity contribution in [3.63, 3.8) is 0 Å². The van der Waals surface area contributed by atoms with Crippen molar-refractivity contribution in [3.8, 4) is 11.6 Å². The predicted octanol–water partition coefficient (Wildman–Crippen LogP) is 3.65. The number of aromatic amines is 1. The summed E-state index contributed by atoms with van der Waals surface area (Å²) < 4.78 is 7.48. The van der Waals surface area contributed by atoms with Gasteiger partial charge in [-0.1, -0.05) is 32.1 Å². The van der Waals surface area contributed by atoms with E-state index in [0.29, 0.717) is 23.7 Å². The van der Waals surface area contributed by atoms with Gasteiger partial charge in [-0.15, -0.1) is 0 Å². The fraction of sp³-hybridized carbons (Fsp3) is 0.368. The Morgan fingerprint density at radius 1 is 1.17 bits per heavy atom. The number of benzene rings is 1. The van der Waals surface area contributed by atoms with Gasteiger partial charge in [0.05, 0.1) is 5.56 Å². The highest BCUT2D eigenvalue weighted by Gasteiger charge is 2.19. The molecule has 2 rings (SSSR count). The van der Waals surface area contributed by atoms with Crippen LogP contribution in [0.5, 0.6) is 11.6 Å². The Morgan fingerprint density at radius 3 is 2.33 bits per heavy atom. The van der Waals surface area contributed by atoms with E-state index in [-0.39, 0.29) is 5.92 Å². The van der Waals surface area contributed by atoms with Gasteiger partial charge in [0, 0.05) is 6.54 Å². The van der Waals surface area contributed by atoms with Crippen LogP contribution in [-0.4, -0.2) is 9.55 Å². The summed E-state index contributed by atoms with van der Waals surface area (Å²) in [7, 11) is 0. The maximum absolute atomic E-state index is 12.3. The number of nitrogens with one attached hydrogen (secondary N) is 1. The van der Waals surface area contributed by atoms with E-state index in [1.165, 1.54) is 4.57 Å². The number of allylic oxidation sites excluding steroid dienone is 2. The molecule has 0 saturated heterocycles. The topological polar surface area (TPSA) is 64.1 Å². The zero-order valence-corrected chi connectivity index (χ0v) is 14.8. The number of hydrogen-bond donors (Lipinski definition) is 1. The molecular weight excluding hydrogens is 304 g/mol. The maximum atomic E-state index is 12.3. The summed E-state index contributed by atoms with van der Waals surface area (Å²) >= 11 is 0. The molecule has 0 saturated carbocycles. The predicted molar refractivity (Wildman–Crippen MR) is 96.2 cm³/mol. The summed E-state index contributed by atoms with van der Waals surface area (Å²) in [6.07, 6.45) is 3.70. The largest absolute Gasteiger partial charge is 0.440 e. The average molecular weight is 328 g/mol. The van der Waals surface area contributed by atoms with E-state index in [4.69, 9.17) is 4.74 Å². The maximum Gasteiger partial charge on any atom is 0.331 e. The number of hydrogen-bond acceptors (Lipinski definition) is 3. The Bertz CT molecular complexity index is 853. The van der Waals surface area contributed by atoms with Crippen molar-refractivity contribution < 1.29 is 4.74 Å². The van der Waals surface area contributed by atoms with Crippen molar-refractivity contribution in [3.05, 3.63) is 67.9 Å². The van der Waals surface area contributed by atoms with Crippen LogP contribution in [-0.2, 0) is 6.54 Å². The molecule has 0 amide bonds. The van der Waals surface area contributed by atoms with Gasteiger partial charge in [0.2, 0.25) is 5.88 Å².